The molecule has 3 atom stereocenters. The van der Waals surface area contributed by atoms with E-state index in [0.717, 1.165) is 37.5 Å². The van der Waals surface area contributed by atoms with Crippen LogP contribution in [0.4, 0.5) is 30.6 Å². The van der Waals surface area contributed by atoms with Crippen LogP contribution >= 0.6 is 0 Å². The van der Waals surface area contributed by atoms with Gasteiger partial charge in [-0.15, -0.1) is 0 Å². The van der Waals surface area contributed by atoms with Gasteiger partial charge in [-0.2, -0.15) is 0 Å². The highest BCUT2D eigenvalue weighted by Crippen LogP contribution is 2.49. The molecule has 2 bridgehead atoms. The number of rotatable bonds is 10. The summed E-state index contributed by atoms with van der Waals surface area (Å²) in [5.74, 6) is -0.614. The summed E-state index contributed by atoms with van der Waals surface area (Å²) in [5, 5.41) is 15.4. The number of carboxylic acid groups (broad SMARTS) is 1. The Hall–Kier alpha value is -4.14. The first-order valence-corrected chi connectivity index (χ1v) is 14.6. The Bertz CT molecular complexity index is 1460. The number of anilines is 3. The maximum Gasteiger partial charge on any atom is 0.336 e. The summed E-state index contributed by atoms with van der Waals surface area (Å²) in [5.41, 5.74) is 0.933. The number of aromatic carboxylic acids is 1. The molecule has 0 aromatic heterocycles. The van der Waals surface area contributed by atoms with Gasteiger partial charge in [0.15, 0.2) is 0 Å². The van der Waals surface area contributed by atoms with E-state index < -0.39 is 23.6 Å². The van der Waals surface area contributed by atoms with Crippen LogP contribution in [0.5, 0.6) is 5.75 Å². The molecule has 2 aliphatic rings. The molecule has 2 amide bonds. The zero-order valence-electron chi connectivity index (χ0n) is 24.1. The molecule has 0 heterocycles. The van der Waals surface area contributed by atoms with Gasteiger partial charge in [0.05, 0.1) is 23.5 Å². The zero-order valence-corrected chi connectivity index (χ0v) is 24.1. The van der Waals surface area contributed by atoms with Gasteiger partial charge in [-0.3, -0.25) is 0 Å². The van der Waals surface area contributed by atoms with Crippen LogP contribution in [0.25, 0.3) is 11.1 Å². The second kappa shape index (κ2) is 12.4. The fourth-order valence-corrected chi connectivity index (χ4v) is 6.52. The Morgan fingerprint density at radius 2 is 1.76 bits per heavy atom. The molecule has 0 unspecified atom stereocenters. The Labute approximate surface area is 244 Å². The number of nitrogens with zero attached hydrogens (tertiary/aromatic N) is 1. The average molecular weight is 578 g/mol. The molecular weight excluding hydrogens is 540 g/mol. The van der Waals surface area contributed by atoms with Crippen LogP contribution < -0.4 is 20.3 Å². The molecule has 2 saturated carbocycles. The van der Waals surface area contributed by atoms with Crippen LogP contribution in [-0.4, -0.2) is 36.3 Å². The lowest BCUT2D eigenvalue weighted by Crippen LogP contribution is -2.42. The van der Waals surface area contributed by atoms with Crippen molar-refractivity contribution >= 4 is 29.1 Å². The largest absolute Gasteiger partial charge is 0.494 e. The average Bonchev–Trinajstić information content (AvgIpc) is 3.57. The van der Waals surface area contributed by atoms with Crippen LogP contribution in [0.3, 0.4) is 0 Å². The number of nitrogens with one attached hydrogen (secondary N) is 2. The normalized spacial score (nSPS) is 19.1. The van der Waals surface area contributed by atoms with Crippen molar-refractivity contribution in [1.82, 2.24) is 0 Å². The number of hydrogen-bond acceptors (Lipinski definition) is 4. The van der Waals surface area contributed by atoms with Gasteiger partial charge in [0.1, 0.15) is 17.4 Å². The summed E-state index contributed by atoms with van der Waals surface area (Å²) >= 11 is 0. The van der Waals surface area contributed by atoms with Crippen LogP contribution in [0, 0.1) is 29.4 Å². The second-order valence-electron chi connectivity index (χ2n) is 11.7. The van der Waals surface area contributed by atoms with E-state index in [1.807, 2.05) is 6.92 Å². The molecule has 3 aromatic rings. The van der Waals surface area contributed by atoms with Crippen molar-refractivity contribution < 1.29 is 28.2 Å². The first kappa shape index (κ1) is 29.4. The highest BCUT2D eigenvalue weighted by Gasteiger charge is 2.43. The van der Waals surface area contributed by atoms with Crippen LogP contribution in [0.1, 0.15) is 56.8 Å². The van der Waals surface area contributed by atoms with Crippen molar-refractivity contribution in [2.75, 3.05) is 28.7 Å². The highest BCUT2D eigenvalue weighted by atomic mass is 19.1. The van der Waals surface area contributed by atoms with Crippen molar-refractivity contribution in [3.63, 3.8) is 0 Å². The summed E-state index contributed by atoms with van der Waals surface area (Å²) in [6.07, 6.45) is 4.48. The number of halogens is 2. The smallest absolute Gasteiger partial charge is 0.336 e. The van der Waals surface area contributed by atoms with E-state index in [1.165, 1.54) is 18.6 Å². The molecule has 3 N–H and O–H groups in total. The van der Waals surface area contributed by atoms with E-state index in [1.54, 1.807) is 24.3 Å². The number of carbonyl (C=O) groups excluding carboxylic acids is 1. The van der Waals surface area contributed by atoms with E-state index in [0.29, 0.717) is 47.8 Å². The van der Waals surface area contributed by atoms with E-state index in [4.69, 9.17) is 4.74 Å². The minimum atomic E-state index is -1.31. The number of ether oxygens (including phenoxy) is 1. The third-order valence-electron chi connectivity index (χ3n) is 8.23. The Kier molecular flexibility index (Phi) is 8.66. The summed E-state index contributed by atoms with van der Waals surface area (Å²) < 4.78 is 35.7. The van der Waals surface area contributed by atoms with Gasteiger partial charge in [0.25, 0.3) is 0 Å². The number of hydrogen-bond donors (Lipinski definition) is 3. The number of carboxylic acids is 1. The minimum Gasteiger partial charge on any atom is -0.494 e. The maximum atomic E-state index is 16.0. The summed E-state index contributed by atoms with van der Waals surface area (Å²) in [6, 6.07) is 12.5. The number of amides is 2. The van der Waals surface area contributed by atoms with E-state index >= 15 is 4.39 Å². The molecule has 3 aromatic carbocycles. The monoisotopic (exact) mass is 577 g/mol. The summed E-state index contributed by atoms with van der Waals surface area (Å²) in [6.45, 7) is 7.26. The number of urea groups is 1. The Morgan fingerprint density at radius 1 is 1.00 bits per heavy atom. The standard InChI is InChI=1S/C33H37F2N3O4/c1-4-42-24-10-8-23(9-11-24)36-33(41)37-29-16-27(26-15-22(34)7-12-25(26)32(39)40)28(35)17-31(29)38(18-19(2)3)30-14-20-5-6-21(30)13-20/h7-12,15-17,19-21,30H,4-6,13-14,18H2,1-3H3,(H,39,40)(H2,36,37,41)/t20-,21+,30+/m0/s1. The molecule has 42 heavy (non-hydrogen) atoms. The molecule has 0 spiro atoms. The third-order valence-corrected chi connectivity index (χ3v) is 8.23. The Balaban J connectivity index is 1.56. The zero-order chi connectivity index (χ0) is 30.0. The van der Waals surface area contributed by atoms with Crippen molar-refractivity contribution in [2.45, 2.75) is 52.5 Å². The van der Waals surface area contributed by atoms with E-state index in [9.17, 15) is 19.1 Å². The number of fused-ring (bicyclic) bond motifs is 2. The predicted molar refractivity (Wildman–Crippen MR) is 160 cm³/mol. The summed E-state index contributed by atoms with van der Waals surface area (Å²) in [7, 11) is 0. The molecule has 7 nitrogen and oxygen atoms in total. The summed E-state index contributed by atoms with van der Waals surface area (Å²) in [4.78, 5) is 27.4. The number of benzene rings is 3. The van der Waals surface area contributed by atoms with E-state index in [2.05, 4.69) is 29.4 Å². The van der Waals surface area contributed by atoms with Gasteiger partial charge >= 0.3 is 12.0 Å². The van der Waals surface area contributed by atoms with Crippen LogP contribution in [0.2, 0.25) is 0 Å². The first-order valence-electron chi connectivity index (χ1n) is 14.6. The van der Waals surface area contributed by atoms with Gasteiger partial charge in [0, 0.05) is 29.4 Å². The molecule has 9 heteroatoms. The highest BCUT2D eigenvalue weighted by molar-refractivity contribution is 6.03. The molecule has 0 radical (unpaired) electrons. The molecule has 0 saturated heterocycles. The Morgan fingerprint density at radius 3 is 2.38 bits per heavy atom. The topological polar surface area (TPSA) is 90.9 Å². The van der Waals surface area contributed by atoms with Gasteiger partial charge in [-0.25, -0.2) is 18.4 Å². The van der Waals surface area contributed by atoms with Crippen LogP contribution in [0.15, 0.2) is 54.6 Å². The van der Waals surface area contributed by atoms with Gasteiger partial charge in [-0.1, -0.05) is 20.3 Å². The van der Waals surface area contributed by atoms with Gasteiger partial charge in [0.2, 0.25) is 0 Å². The fraction of sp³-hybridized carbons (Fsp3) is 0.394. The lowest BCUT2D eigenvalue weighted by atomic mass is 9.92. The van der Waals surface area contributed by atoms with Crippen molar-refractivity contribution in [3.05, 3.63) is 71.8 Å². The maximum absolute atomic E-state index is 16.0. The molecular formula is C33H37F2N3O4. The molecule has 5 rings (SSSR count). The molecule has 2 aliphatic carbocycles. The molecule has 0 aliphatic heterocycles. The second-order valence-corrected chi connectivity index (χ2v) is 11.7. The van der Waals surface area contributed by atoms with Crippen molar-refractivity contribution in [2.24, 2.45) is 17.8 Å². The van der Waals surface area contributed by atoms with E-state index in [-0.39, 0.29) is 28.7 Å². The fourth-order valence-electron chi connectivity index (χ4n) is 6.52. The molecule has 2 fully saturated rings. The van der Waals surface area contributed by atoms with Crippen molar-refractivity contribution in [1.29, 1.82) is 0 Å². The lowest BCUT2D eigenvalue weighted by molar-refractivity contribution is 0.0697. The van der Waals surface area contributed by atoms with Gasteiger partial charge in [-0.05, 0) is 98.5 Å². The number of carbonyl (C=O) groups is 2. The molecule has 222 valence electrons. The van der Waals surface area contributed by atoms with Gasteiger partial charge < -0.3 is 25.4 Å². The SMILES string of the molecule is CCOc1ccc(NC(=O)Nc2cc(-c3cc(F)ccc3C(=O)O)c(F)cc2N(CC(C)C)[C@@H]2C[C@H]3CC[C@@H]2C3)cc1. The minimum absolute atomic E-state index is 0.100. The first-order chi connectivity index (χ1) is 20.1. The predicted octanol–water partition coefficient (Wildman–Crippen LogP) is 8.02. The third kappa shape index (κ3) is 6.35. The van der Waals surface area contributed by atoms with Crippen LogP contribution in [-0.2, 0) is 0 Å². The van der Waals surface area contributed by atoms with Crippen molar-refractivity contribution in [3.8, 4) is 16.9 Å². The quantitative estimate of drug-likeness (QED) is 0.227. The lowest BCUT2D eigenvalue weighted by Gasteiger charge is -2.39.